The van der Waals surface area contributed by atoms with Crippen LogP contribution in [0.2, 0.25) is 0 Å². The molecule has 1 unspecified atom stereocenters. The summed E-state index contributed by atoms with van der Waals surface area (Å²) in [4.78, 5) is 29.3. The van der Waals surface area contributed by atoms with Crippen LogP contribution >= 0.6 is 11.8 Å². The molecule has 1 atom stereocenters. The van der Waals surface area contributed by atoms with Gasteiger partial charge in [0.25, 0.3) is 5.56 Å². The van der Waals surface area contributed by atoms with Crippen LogP contribution in [0.25, 0.3) is 0 Å². The zero-order valence-corrected chi connectivity index (χ0v) is 12.1. The Balaban J connectivity index is 2.48. The van der Waals surface area contributed by atoms with Crippen LogP contribution in [0.4, 0.5) is 0 Å². The maximum Gasteiger partial charge on any atom is 0.322 e. The molecule has 0 radical (unpaired) electrons. The lowest BCUT2D eigenvalue weighted by Gasteiger charge is -2.18. The van der Waals surface area contributed by atoms with Gasteiger partial charge in [-0.15, -0.1) is 0 Å². The van der Waals surface area contributed by atoms with Gasteiger partial charge in [0.15, 0.2) is 5.16 Å². The number of hydrogen-bond acceptors (Lipinski definition) is 6. The van der Waals surface area contributed by atoms with E-state index in [2.05, 4.69) is 15.3 Å². The first-order valence-electron chi connectivity index (χ1n) is 6.05. The Labute approximate surface area is 116 Å². The molecule has 0 spiro atoms. The number of nitrogens with zero attached hydrogens (tertiary/aromatic N) is 1. The number of aromatic amines is 1. The monoisotopic (exact) mass is 285 g/mol. The first-order valence-corrected chi connectivity index (χ1v) is 7.03. The predicted octanol–water partition coefficient (Wildman–Crippen LogP) is 0.792. The molecule has 7 heteroatoms. The number of H-pyrrole nitrogens is 1. The van der Waals surface area contributed by atoms with E-state index in [0.29, 0.717) is 17.3 Å². The molecule has 0 aromatic carbocycles. The lowest BCUT2D eigenvalue weighted by Crippen LogP contribution is -2.41. The predicted molar refractivity (Wildman–Crippen MR) is 74.3 cm³/mol. The standard InChI is InChI=1S/C12H19N3O3S/c1-8(2)14-9(11(17)18-3)5-7-19-12-13-6-4-10(16)15-12/h4,6,8-9,14H,5,7H2,1-3H3,(H,13,15,16). The fraction of sp³-hybridized carbons (Fsp3) is 0.583. The number of carbonyl (C=O) groups is 1. The number of hydrogen-bond donors (Lipinski definition) is 2. The smallest absolute Gasteiger partial charge is 0.322 e. The lowest BCUT2D eigenvalue weighted by atomic mass is 10.2. The van der Waals surface area contributed by atoms with Gasteiger partial charge in [-0.3, -0.25) is 9.59 Å². The van der Waals surface area contributed by atoms with Gasteiger partial charge < -0.3 is 15.0 Å². The second-order valence-corrected chi connectivity index (χ2v) is 5.36. The summed E-state index contributed by atoms with van der Waals surface area (Å²) in [7, 11) is 1.38. The summed E-state index contributed by atoms with van der Waals surface area (Å²) in [6.07, 6.45) is 2.07. The highest BCUT2D eigenvalue weighted by atomic mass is 32.2. The zero-order chi connectivity index (χ0) is 14.3. The Bertz CT molecular complexity index is 462. The van der Waals surface area contributed by atoms with Crippen LogP contribution in [-0.2, 0) is 9.53 Å². The van der Waals surface area contributed by atoms with Crippen LogP contribution in [0, 0.1) is 0 Å². The highest BCUT2D eigenvalue weighted by Gasteiger charge is 2.19. The molecule has 0 aliphatic rings. The average molecular weight is 285 g/mol. The molecule has 0 aliphatic heterocycles. The summed E-state index contributed by atoms with van der Waals surface area (Å²) in [5.74, 6) is 0.385. The lowest BCUT2D eigenvalue weighted by molar-refractivity contribution is -0.143. The van der Waals surface area contributed by atoms with Crippen LogP contribution in [0.3, 0.4) is 0 Å². The van der Waals surface area contributed by atoms with Gasteiger partial charge in [0.1, 0.15) is 6.04 Å². The van der Waals surface area contributed by atoms with Crippen LogP contribution in [0.1, 0.15) is 20.3 Å². The molecule has 0 saturated carbocycles. The van der Waals surface area contributed by atoms with E-state index < -0.39 is 0 Å². The number of esters is 1. The molecular formula is C12H19N3O3S. The van der Waals surface area contributed by atoms with Crippen molar-refractivity contribution in [3.8, 4) is 0 Å². The van der Waals surface area contributed by atoms with Crippen LogP contribution < -0.4 is 10.9 Å². The molecule has 1 aromatic heterocycles. The van der Waals surface area contributed by atoms with Crippen molar-refractivity contribution < 1.29 is 9.53 Å². The molecule has 19 heavy (non-hydrogen) atoms. The molecule has 0 amide bonds. The molecule has 0 bridgehead atoms. The molecule has 6 nitrogen and oxygen atoms in total. The average Bonchev–Trinajstić information content (AvgIpc) is 2.36. The van der Waals surface area contributed by atoms with Crippen molar-refractivity contribution in [2.75, 3.05) is 12.9 Å². The normalized spacial score (nSPS) is 12.4. The first-order chi connectivity index (χ1) is 9.02. The largest absolute Gasteiger partial charge is 0.468 e. The van der Waals surface area contributed by atoms with E-state index in [1.165, 1.54) is 31.1 Å². The highest BCUT2D eigenvalue weighted by molar-refractivity contribution is 7.99. The molecule has 106 valence electrons. The van der Waals surface area contributed by atoms with Crippen molar-refractivity contribution in [2.24, 2.45) is 0 Å². The van der Waals surface area contributed by atoms with Crippen molar-refractivity contribution in [1.29, 1.82) is 0 Å². The minimum atomic E-state index is -0.340. The number of aromatic nitrogens is 2. The molecule has 0 aliphatic carbocycles. The Morgan fingerprint density at radius 2 is 2.32 bits per heavy atom. The van der Waals surface area contributed by atoms with E-state index in [1.54, 1.807) is 0 Å². The molecule has 2 N–H and O–H groups in total. The van der Waals surface area contributed by atoms with Gasteiger partial charge in [0, 0.05) is 24.1 Å². The van der Waals surface area contributed by atoms with Crippen molar-refractivity contribution in [1.82, 2.24) is 15.3 Å². The van der Waals surface area contributed by atoms with Gasteiger partial charge >= 0.3 is 5.97 Å². The summed E-state index contributed by atoms with van der Waals surface area (Å²) in [5, 5.41) is 3.70. The Morgan fingerprint density at radius 1 is 1.58 bits per heavy atom. The molecular weight excluding hydrogens is 266 g/mol. The summed E-state index contributed by atoms with van der Waals surface area (Å²) < 4.78 is 4.75. The molecule has 1 rings (SSSR count). The van der Waals surface area contributed by atoms with E-state index in [4.69, 9.17) is 4.74 Å². The van der Waals surface area contributed by atoms with E-state index in [1.807, 2.05) is 13.8 Å². The fourth-order valence-corrected chi connectivity index (χ4v) is 2.37. The number of thioether (sulfide) groups is 1. The second-order valence-electron chi connectivity index (χ2n) is 4.27. The van der Waals surface area contributed by atoms with E-state index >= 15 is 0 Å². The molecule has 1 heterocycles. The summed E-state index contributed by atoms with van der Waals surface area (Å²) in [5.41, 5.74) is -0.178. The zero-order valence-electron chi connectivity index (χ0n) is 11.3. The number of nitrogens with one attached hydrogen (secondary N) is 2. The van der Waals surface area contributed by atoms with E-state index in [9.17, 15) is 9.59 Å². The highest BCUT2D eigenvalue weighted by Crippen LogP contribution is 2.13. The number of carbonyl (C=O) groups excluding carboxylic acids is 1. The minimum absolute atomic E-state index is 0.178. The van der Waals surface area contributed by atoms with Gasteiger partial charge in [-0.05, 0) is 6.42 Å². The number of rotatable bonds is 7. The third-order valence-corrected chi connectivity index (χ3v) is 3.23. The van der Waals surface area contributed by atoms with Crippen molar-refractivity contribution in [3.63, 3.8) is 0 Å². The maximum atomic E-state index is 11.6. The quantitative estimate of drug-likeness (QED) is 0.438. The third-order valence-electron chi connectivity index (χ3n) is 2.31. The van der Waals surface area contributed by atoms with Crippen molar-refractivity contribution in [3.05, 3.63) is 22.6 Å². The van der Waals surface area contributed by atoms with Crippen LogP contribution in [-0.4, -0.2) is 40.9 Å². The number of ether oxygens (including phenoxy) is 1. The van der Waals surface area contributed by atoms with E-state index in [-0.39, 0.29) is 23.6 Å². The maximum absolute atomic E-state index is 11.6. The van der Waals surface area contributed by atoms with Gasteiger partial charge in [-0.25, -0.2) is 4.98 Å². The summed E-state index contributed by atoms with van der Waals surface area (Å²) in [6, 6.07) is 1.22. The number of methoxy groups -OCH3 is 1. The van der Waals surface area contributed by atoms with Gasteiger partial charge in [0.2, 0.25) is 0 Å². The van der Waals surface area contributed by atoms with Gasteiger partial charge in [-0.2, -0.15) is 0 Å². The topological polar surface area (TPSA) is 84.1 Å². The summed E-state index contributed by atoms with van der Waals surface area (Å²) in [6.45, 7) is 3.94. The Hall–Kier alpha value is -1.34. The second kappa shape index (κ2) is 7.96. The SMILES string of the molecule is COC(=O)C(CCSc1nccc(=O)[nH]1)NC(C)C. The Kier molecular flexibility index (Phi) is 6.58. The molecule has 0 saturated heterocycles. The molecule has 0 fully saturated rings. The minimum Gasteiger partial charge on any atom is -0.468 e. The fourth-order valence-electron chi connectivity index (χ4n) is 1.51. The summed E-state index contributed by atoms with van der Waals surface area (Å²) >= 11 is 1.40. The van der Waals surface area contributed by atoms with Crippen LogP contribution in [0.15, 0.2) is 22.2 Å². The van der Waals surface area contributed by atoms with Gasteiger partial charge in [-0.1, -0.05) is 25.6 Å². The Morgan fingerprint density at radius 3 is 2.89 bits per heavy atom. The third kappa shape index (κ3) is 5.89. The van der Waals surface area contributed by atoms with Crippen LogP contribution in [0.5, 0.6) is 0 Å². The van der Waals surface area contributed by atoms with Crippen molar-refractivity contribution in [2.45, 2.75) is 37.5 Å². The van der Waals surface area contributed by atoms with Crippen molar-refractivity contribution >= 4 is 17.7 Å². The van der Waals surface area contributed by atoms with E-state index in [0.717, 1.165) is 0 Å². The first kappa shape index (κ1) is 15.7. The molecule has 1 aromatic rings. The van der Waals surface area contributed by atoms with Gasteiger partial charge in [0.05, 0.1) is 7.11 Å².